The van der Waals surface area contributed by atoms with E-state index in [1.54, 1.807) is 13.0 Å². The molecule has 0 aliphatic heterocycles. The van der Waals surface area contributed by atoms with E-state index in [-0.39, 0.29) is 11.9 Å². The minimum atomic E-state index is -0.287. The van der Waals surface area contributed by atoms with Crippen LogP contribution in [0.25, 0.3) is 0 Å². The van der Waals surface area contributed by atoms with Crippen molar-refractivity contribution in [2.24, 2.45) is 0 Å². The van der Waals surface area contributed by atoms with Gasteiger partial charge >= 0.3 is 0 Å². The van der Waals surface area contributed by atoms with E-state index in [1.807, 2.05) is 27.8 Å². The summed E-state index contributed by atoms with van der Waals surface area (Å²) in [6.07, 6.45) is 0. The van der Waals surface area contributed by atoms with Crippen molar-refractivity contribution in [3.05, 3.63) is 56.7 Å². The summed E-state index contributed by atoms with van der Waals surface area (Å²) in [4.78, 5) is 0. The second-order valence-electron chi connectivity index (χ2n) is 5.10. The van der Waals surface area contributed by atoms with Gasteiger partial charge in [-0.3, -0.25) is 0 Å². The normalized spacial score (nSPS) is 12.8. The van der Waals surface area contributed by atoms with Gasteiger partial charge in [0.1, 0.15) is 17.3 Å². The maximum atomic E-state index is 13.6. The van der Waals surface area contributed by atoms with E-state index < -0.39 is 0 Å². The van der Waals surface area contributed by atoms with Crippen LogP contribution in [0, 0.1) is 33.5 Å². The van der Waals surface area contributed by atoms with Crippen LogP contribution in [0.15, 0.2) is 16.5 Å². The van der Waals surface area contributed by atoms with Crippen molar-refractivity contribution in [2.45, 2.75) is 33.7 Å². The zero-order valence-corrected chi connectivity index (χ0v) is 13.2. The van der Waals surface area contributed by atoms with E-state index in [4.69, 9.17) is 16.0 Å². The number of benzene rings is 1. The number of furan rings is 1. The quantitative estimate of drug-likeness (QED) is 0.894. The molecule has 20 heavy (non-hydrogen) atoms. The predicted octanol–water partition coefficient (Wildman–Crippen LogP) is 4.61. The van der Waals surface area contributed by atoms with E-state index in [1.165, 1.54) is 6.07 Å². The summed E-state index contributed by atoms with van der Waals surface area (Å²) in [6.45, 7) is 7.64. The molecular weight excluding hydrogens is 277 g/mol. The standard InChI is InChI=1S/C16H19ClFNO/c1-8-6-12(13(17)7-14(8)18)16(19-5)15-9(2)10(3)20-11(15)4/h6-7,16,19H,1-5H3. The Kier molecular flexibility index (Phi) is 4.21. The number of aryl methyl sites for hydroxylation is 3. The van der Waals surface area contributed by atoms with Gasteiger partial charge in [0.15, 0.2) is 0 Å². The fourth-order valence-electron chi connectivity index (χ4n) is 2.59. The van der Waals surface area contributed by atoms with Crippen LogP contribution in [-0.2, 0) is 0 Å². The average Bonchev–Trinajstić information content (AvgIpc) is 2.63. The van der Waals surface area contributed by atoms with Gasteiger partial charge in [0, 0.05) is 10.6 Å². The molecule has 2 aromatic rings. The zero-order chi connectivity index (χ0) is 15.0. The molecule has 108 valence electrons. The lowest BCUT2D eigenvalue weighted by molar-refractivity contribution is 0.495. The minimum absolute atomic E-state index is 0.112. The third-order valence-electron chi connectivity index (χ3n) is 3.78. The number of rotatable bonds is 3. The summed E-state index contributed by atoms with van der Waals surface area (Å²) in [5.41, 5.74) is 3.61. The van der Waals surface area contributed by atoms with Crippen molar-refractivity contribution in [3.8, 4) is 0 Å². The Morgan fingerprint density at radius 3 is 2.30 bits per heavy atom. The SMILES string of the molecule is CNC(c1cc(C)c(F)cc1Cl)c1c(C)oc(C)c1C. The summed E-state index contributed by atoms with van der Waals surface area (Å²) >= 11 is 6.23. The fourth-order valence-corrected chi connectivity index (χ4v) is 2.85. The Morgan fingerprint density at radius 1 is 1.15 bits per heavy atom. The number of hydrogen-bond acceptors (Lipinski definition) is 2. The first-order chi connectivity index (χ1) is 9.36. The molecule has 1 aromatic heterocycles. The largest absolute Gasteiger partial charge is 0.466 e. The van der Waals surface area contributed by atoms with Crippen molar-refractivity contribution in [1.29, 1.82) is 0 Å². The van der Waals surface area contributed by atoms with Crippen molar-refractivity contribution in [2.75, 3.05) is 7.05 Å². The van der Waals surface area contributed by atoms with Gasteiger partial charge in [0.25, 0.3) is 0 Å². The molecule has 0 bridgehead atoms. The highest BCUT2D eigenvalue weighted by molar-refractivity contribution is 6.31. The van der Waals surface area contributed by atoms with Crippen LogP contribution in [-0.4, -0.2) is 7.05 Å². The highest BCUT2D eigenvalue weighted by Gasteiger charge is 2.24. The second kappa shape index (κ2) is 5.58. The van der Waals surface area contributed by atoms with E-state index in [0.717, 1.165) is 28.2 Å². The Labute approximate surface area is 123 Å². The lowest BCUT2D eigenvalue weighted by Crippen LogP contribution is -2.19. The molecule has 0 spiro atoms. The smallest absolute Gasteiger partial charge is 0.127 e. The molecule has 0 radical (unpaired) electrons. The fraction of sp³-hybridized carbons (Fsp3) is 0.375. The van der Waals surface area contributed by atoms with Crippen LogP contribution in [0.5, 0.6) is 0 Å². The highest BCUT2D eigenvalue weighted by Crippen LogP contribution is 2.35. The van der Waals surface area contributed by atoms with Crippen molar-refractivity contribution >= 4 is 11.6 Å². The summed E-state index contributed by atoms with van der Waals surface area (Å²) < 4.78 is 19.3. The highest BCUT2D eigenvalue weighted by atomic mass is 35.5. The molecular formula is C16H19ClFNO. The molecule has 0 aliphatic rings. The van der Waals surface area contributed by atoms with Crippen LogP contribution in [0.2, 0.25) is 5.02 Å². The minimum Gasteiger partial charge on any atom is -0.466 e. The first-order valence-electron chi connectivity index (χ1n) is 6.56. The Morgan fingerprint density at radius 2 is 1.80 bits per heavy atom. The second-order valence-corrected chi connectivity index (χ2v) is 5.50. The van der Waals surface area contributed by atoms with Gasteiger partial charge in [-0.2, -0.15) is 0 Å². The van der Waals surface area contributed by atoms with Crippen LogP contribution in [0.3, 0.4) is 0 Å². The molecule has 1 unspecified atom stereocenters. The number of halogens is 2. The average molecular weight is 296 g/mol. The first kappa shape index (κ1) is 15.1. The molecule has 2 nitrogen and oxygen atoms in total. The molecule has 0 saturated carbocycles. The maximum Gasteiger partial charge on any atom is 0.127 e. The van der Waals surface area contributed by atoms with E-state index >= 15 is 0 Å². The molecule has 1 heterocycles. The van der Waals surface area contributed by atoms with E-state index in [2.05, 4.69) is 5.32 Å². The van der Waals surface area contributed by atoms with Gasteiger partial charge < -0.3 is 9.73 Å². The topological polar surface area (TPSA) is 25.2 Å². The van der Waals surface area contributed by atoms with Crippen LogP contribution < -0.4 is 5.32 Å². The van der Waals surface area contributed by atoms with Gasteiger partial charge in [0.2, 0.25) is 0 Å². The summed E-state index contributed by atoms with van der Waals surface area (Å²) in [7, 11) is 1.86. The molecule has 0 amide bonds. The monoisotopic (exact) mass is 295 g/mol. The van der Waals surface area contributed by atoms with Gasteiger partial charge in [-0.05, 0) is 63.6 Å². The molecule has 2 rings (SSSR count). The third kappa shape index (κ3) is 2.48. The van der Waals surface area contributed by atoms with Crippen molar-refractivity contribution in [1.82, 2.24) is 5.32 Å². The summed E-state index contributed by atoms with van der Waals surface area (Å²) in [5, 5.41) is 3.67. The van der Waals surface area contributed by atoms with Crippen LogP contribution in [0.1, 0.15) is 39.8 Å². The summed E-state index contributed by atoms with van der Waals surface area (Å²) in [5.74, 6) is 1.47. The van der Waals surface area contributed by atoms with E-state index in [0.29, 0.717) is 10.6 Å². The first-order valence-corrected chi connectivity index (χ1v) is 6.93. The Hall–Kier alpha value is -1.32. The Bertz CT molecular complexity index is 648. The summed E-state index contributed by atoms with van der Waals surface area (Å²) in [6, 6.07) is 3.05. The van der Waals surface area contributed by atoms with Gasteiger partial charge in [-0.15, -0.1) is 0 Å². The van der Waals surface area contributed by atoms with E-state index in [9.17, 15) is 4.39 Å². The maximum absolute atomic E-state index is 13.6. The predicted molar refractivity (Wildman–Crippen MR) is 80.0 cm³/mol. The third-order valence-corrected chi connectivity index (χ3v) is 4.11. The molecule has 4 heteroatoms. The van der Waals surface area contributed by atoms with Gasteiger partial charge in [-0.1, -0.05) is 11.6 Å². The molecule has 0 saturated heterocycles. The Balaban J connectivity index is 2.61. The molecule has 0 fully saturated rings. The lowest BCUT2D eigenvalue weighted by Gasteiger charge is -2.19. The molecule has 1 aromatic carbocycles. The zero-order valence-electron chi connectivity index (χ0n) is 12.4. The van der Waals surface area contributed by atoms with Gasteiger partial charge in [-0.25, -0.2) is 4.39 Å². The van der Waals surface area contributed by atoms with Crippen molar-refractivity contribution in [3.63, 3.8) is 0 Å². The molecule has 1 N–H and O–H groups in total. The molecule has 1 atom stereocenters. The number of hydrogen-bond donors (Lipinski definition) is 1. The molecule has 0 aliphatic carbocycles. The lowest BCUT2D eigenvalue weighted by atomic mass is 9.94. The number of nitrogens with one attached hydrogen (secondary N) is 1. The van der Waals surface area contributed by atoms with Crippen molar-refractivity contribution < 1.29 is 8.81 Å². The van der Waals surface area contributed by atoms with Crippen LogP contribution in [0.4, 0.5) is 4.39 Å². The van der Waals surface area contributed by atoms with Crippen LogP contribution >= 0.6 is 11.6 Å². The van der Waals surface area contributed by atoms with Gasteiger partial charge in [0.05, 0.1) is 6.04 Å².